The fourth-order valence-corrected chi connectivity index (χ4v) is 2.70. The van der Waals surface area contributed by atoms with Crippen LogP contribution in [-0.4, -0.2) is 49.1 Å². The van der Waals surface area contributed by atoms with Crippen molar-refractivity contribution in [2.24, 2.45) is 0 Å². The minimum Gasteiger partial charge on any atom is -0.466 e. The first-order valence-electron chi connectivity index (χ1n) is 6.84. The van der Waals surface area contributed by atoms with E-state index in [1.807, 2.05) is 6.92 Å². The standard InChI is InChI=1S/C12H20N4O4S/c1-8(7-9-5-4-6-18-20-9)19-12-15-14-11(21-12)16(3)10(17)13-2/h8-9H,4-7H2,1-3H3,(H,13,17). The maximum Gasteiger partial charge on any atom is 0.323 e. The smallest absolute Gasteiger partial charge is 0.323 e. The van der Waals surface area contributed by atoms with Crippen LogP contribution < -0.4 is 15.0 Å². The van der Waals surface area contributed by atoms with Gasteiger partial charge in [0.15, 0.2) is 0 Å². The topological polar surface area (TPSA) is 85.8 Å². The fourth-order valence-electron chi connectivity index (χ4n) is 1.95. The van der Waals surface area contributed by atoms with Crippen molar-refractivity contribution in [3.05, 3.63) is 0 Å². The number of amides is 2. The van der Waals surface area contributed by atoms with Crippen LogP contribution in [-0.2, 0) is 9.78 Å². The molecule has 1 aliphatic heterocycles. The molecule has 1 N–H and O–H groups in total. The first kappa shape index (κ1) is 15.9. The van der Waals surface area contributed by atoms with Crippen LogP contribution in [0.15, 0.2) is 0 Å². The summed E-state index contributed by atoms with van der Waals surface area (Å²) in [4.78, 5) is 23.0. The normalized spacial score (nSPS) is 19.9. The van der Waals surface area contributed by atoms with E-state index in [-0.39, 0.29) is 18.2 Å². The van der Waals surface area contributed by atoms with E-state index in [1.54, 1.807) is 14.1 Å². The molecule has 1 aromatic rings. The molecule has 2 amide bonds. The number of carbonyl (C=O) groups is 1. The molecule has 2 unspecified atom stereocenters. The third-order valence-corrected chi connectivity index (χ3v) is 3.95. The molecule has 2 heterocycles. The summed E-state index contributed by atoms with van der Waals surface area (Å²) in [5, 5.41) is 11.3. The maximum atomic E-state index is 11.5. The molecule has 0 spiro atoms. The predicted octanol–water partition coefficient (Wildman–Crippen LogP) is 1.58. The zero-order valence-corrected chi connectivity index (χ0v) is 13.2. The molecule has 1 aliphatic rings. The summed E-state index contributed by atoms with van der Waals surface area (Å²) in [6.07, 6.45) is 2.67. The SMILES string of the molecule is CNC(=O)N(C)c1nnc(OC(C)CC2CCCOO2)s1. The number of ether oxygens (including phenoxy) is 1. The van der Waals surface area contributed by atoms with Gasteiger partial charge >= 0.3 is 6.03 Å². The van der Waals surface area contributed by atoms with E-state index < -0.39 is 0 Å². The lowest BCUT2D eigenvalue weighted by atomic mass is 10.1. The molecule has 0 radical (unpaired) electrons. The fraction of sp³-hybridized carbons (Fsp3) is 0.750. The van der Waals surface area contributed by atoms with E-state index in [0.29, 0.717) is 16.9 Å². The second-order valence-electron chi connectivity index (χ2n) is 4.81. The molecule has 1 aromatic heterocycles. The molecule has 8 nitrogen and oxygen atoms in total. The number of aromatic nitrogens is 2. The van der Waals surface area contributed by atoms with E-state index in [2.05, 4.69) is 15.5 Å². The van der Waals surface area contributed by atoms with Gasteiger partial charge < -0.3 is 10.1 Å². The molecular formula is C12H20N4O4S. The summed E-state index contributed by atoms with van der Waals surface area (Å²) in [5.41, 5.74) is 0. The van der Waals surface area contributed by atoms with E-state index in [9.17, 15) is 4.79 Å². The van der Waals surface area contributed by atoms with Crippen molar-refractivity contribution < 1.29 is 19.3 Å². The van der Waals surface area contributed by atoms with E-state index >= 15 is 0 Å². The van der Waals surface area contributed by atoms with Crippen LogP contribution in [0.25, 0.3) is 0 Å². The van der Waals surface area contributed by atoms with Gasteiger partial charge in [0.1, 0.15) is 6.10 Å². The zero-order chi connectivity index (χ0) is 15.2. The molecule has 0 aliphatic carbocycles. The zero-order valence-electron chi connectivity index (χ0n) is 12.4. The summed E-state index contributed by atoms with van der Waals surface area (Å²) in [6, 6.07) is -0.251. The van der Waals surface area contributed by atoms with Crippen molar-refractivity contribution >= 4 is 22.5 Å². The monoisotopic (exact) mass is 316 g/mol. The van der Waals surface area contributed by atoms with Crippen LogP contribution in [0.2, 0.25) is 0 Å². The van der Waals surface area contributed by atoms with Gasteiger partial charge in [-0.2, -0.15) is 0 Å². The maximum absolute atomic E-state index is 11.5. The lowest BCUT2D eigenvalue weighted by molar-refractivity contribution is -0.347. The Hall–Kier alpha value is -1.45. The highest BCUT2D eigenvalue weighted by molar-refractivity contribution is 7.17. The number of carbonyl (C=O) groups excluding carboxylic acids is 1. The van der Waals surface area contributed by atoms with Gasteiger partial charge in [0, 0.05) is 20.5 Å². The molecule has 0 aromatic carbocycles. The van der Waals surface area contributed by atoms with E-state index in [0.717, 1.165) is 19.3 Å². The molecule has 0 saturated carbocycles. The highest BCUT2D eigenvalue weighted by Gasteiger charge is 2.21. The molecule has 118 valence electrons. The highest BCUT2D eigenvalue weighted by atomic mass is 32.1. The van der Waals surface area contributed by atoms with Crippen LogP contribution in [0, 0.1) is 0 Å². The minimum absolute atomic E-state index is 0.0506. The van der Waals surface area contributed by atoms with E-state index in [1.165, 1.54) is 16.2 Å². The number of nitrogens with zero attached hydrogens (tertiary/aromatic N) is 3. The first-order chi connectivity index (χ1) is 10.1. The average molecular weight is 316 g/mol. The Kier molecular flexibility index (Phi) is 5.71. The highest BCUT2D eigenvalue weighted by Crippen LogP contribution is 2.27. The van der Waals surface area contributed by atoms with Gasteiger partial charge in [0.25, 0.3) is 5.19 Å². The van der Waals surface area contributed by atoms with Crippen LogP contribution in [0.3, 0.4) is 0 Å². The lowest BCUT2D eigenvalue weighted by Gasteiger charge is -2.23. The van der Waals surface area contributed by atoms with Crippen LogP contribution in [0.5, 0.6) is 5.19 Å². The summed E-state index contributed by atoms with van der Waals surface area (Å²) in [7, 11) is 3.19. The Morgan fingerprint density at radius 1 is 1.62 bits per heavy atom. The van der Waals surface area contributed by atoms with Crippen molar-refractivity contribution in [1.29, 1.82) is 0 Å². The average Bonchev–Trinajstić information content (AvgIpc) is 2.94. The molecule has 9 heteroatoms. The third-order valence-electron chi connectivity index (χ3n) is 3.06. The first-order valence-corrected chi connectivity index (χ1v) is 7.65. The summed E-state index contributed by atoms with van der Waals surface area (Å²) < 4.78 is 5.71. The van der Waals surface area contributed by atoms with Crippen LogP contribution >= 0.6 is 11.3 Å². The number of nitrogens with one attached hydrogen (secondary N) is 1. The van der Waals surface area contributed by atoms with Crippen molar-refractivity contribution in [1.82, 2.24) is 15.5 Å². The number of anilines is 1. The molecule has 2 rings (SSSR count). The minimum atomic E-state index is -0.251. The Balaban J connectivity index is 1.85. The van der Waals surface area contributed by atoms with E-state index in [4.69, 9.17) is 14.5 Å². The number of urea groups is 1. The molecular weight excluding hydrogens is 296 g/mol. The van der Waals surface area contributed by atoms with Gasteiger partial charge in [-0.05, 0) is 31.1 Å². The molecule has 1 fully saturated rings. The Morgan fingerprint density at radius 3 is 3.10 bits per heavy atom. The largest absolute Gasteiger partial charge is 0.466 e. The molecule has 2 atom stereocenters. The Labute approximate surface area is 127 Å². The van der Waals surface area contributed by atoms with Crippen molar-refractivity contribution in [3.8, 4) is 5.19 Å². The number of rotatable bonds is 5. The Bertz CT molecular complexity index is 464. The van der Waals surface area contributed by atoms with Crippen molar-refractivity contribution in [2.45, 2.75) is 38.4 Å². The number of hydrogen-bond donors (Lipinski definition) is 1. The van der Waals surface area contributed by atoms with Crippen LogP contribution in [0.4, 0.5) is 9.93 Å². The van der Waals surface area contributed by atoms with Crippen molar-refractivity contribution in [3.63, 3.8) is 0 Å². The Morgan fingerprint density at radius 2 is 2.43 bits per heavy atom. The second-order valence-corrected chi connectivity index (χ2v) is 5.73. The molecule has 1 saturated heterocycles. The molecule has 21 heavy (non-hydrogen) atoms. The van der Waals surface area contributed by atoms with Crippen molar-refractivity contribution in [2.75, 3.05) is 25.6 Å². The summed E-state index contributed by atoms with van der Waals surface area (Å²) >= 11 is 1.22. The van der Waals surface area contributed by atoms with Gasteiger partial charge in [0.2, 0.25) is 5.13 Å². The van der Waals surface area contributed by atoms with Gasteiger partial charge in [-0.3, -0.25) is 4.90 Å². The van der Waals surface area contributed by atoms with Gasteiger partial charge in [-0.1, -0.05) is 5.10 Å². The summed E-state index contributed by atoms with van der Waals surface area (Å²) in [5.74, 6) is 0. The van der Waals surface area contributed by atoms with Gasteiger partial charge in [0.05, 0.1) is 12.7 Å². The molecule has 0 bridgehead atoms. The third kappa shape index (κ3) is 4.51. The summed E-state index contributed by atoms with van der Waals surface area (Å²) in [6.45, 7) is 2.60. The number of hydrogen-bond acceptors (Lipinski definition) is 7. The van der Waals surface area contributed by atoms with Crippen LogP contribution in [0.1, 0.15) is 26.2 Å². The lowest BCUT2D eigenvalue weighted by Crippen LogP contribution is -2.34. The second kappa shape index (κ2) is 7.53. The van der Waals surface area contributed by atoms with Gasteiger partial charge in [-0.25, -0.2) is 14.6 Å². The predicted molar refractivity (Wildman–Crippen MR) is 77.5 cm³/mol. The van der Waals surface area contributed by atoms with Gasteiger partial charge in [-0.15, -0.1) is 5.10 Å². The quantitative estimate of drug-likeness (QED) is 0.830.